The smallest absolute Gasteiger partial charge is 0.410 e. The standard InChI is InChI=1S/C36H41ClN6O4.2H2S/c1-35(2,3)46-33(44)42-17-7-9-29(42)31-38-21-28(41-31)23-14-11-22(12-15-23)13-16-24-19-26-27(20-25(24)37)40-32(39-26)30-10-8-18-43(30)34(45)47-36(4,5)6;;/h11-12,14-15,19-21,29-30H,7-10,17-18H2,1-6H3,(H,38,41)(H,39,40);2*1H2/t29-,30-;;/m0../s1. The minimum absolute atomic E-state index is 0. The van der Waals surface area contributed by atoms with Gasteiger partial charge in [0, 0.05) is 24.2 Å². The van der Waals surface area contributed by atoms with E-state index in [-0.39, 0.29) is 51.3 Å². The Bertz CT molecular complexity index is 1870. The summed E-state index contributed by atoms with van der Waals surface area (Å²) >= 11 is 6.63. The van der Waals surface area contributed by atoms with Gasteiger partial charge in [0.05, 0.1) is 40.0 Å². The van der Waals surface area contributed by atoms with Crippen LogP contribution in [0.5, 0.6) is 0 Å². The van der Waals surface area contributed by atoms with Crippen molar-refractivity contribution in [2.45, 2.75) is 90.5 Å². The summed E-state index contributed by atoms with van der Waals surface area (Å²) in [4.78, 5) is 45.2. The molecule has 13 heteroatoms. The third-order valence-corrected chi connectivity index (χ3v) is 8.43. The van der Waals surface area contributed by atoms with Gasteiger partial charge >= 0.3 is 12.2 Å². The number of aromatic amines is 2. The molecule has 2 amide bonds. The summed E-state index contributed by atoms with van der Waals surface area (Å²) in [5.74, 6) is 7.89. The number of hydrogen-bond acceptors (Lipinski definition) is 6. The van der Waals surface area contributed by atoms with E-state index < -0.39 is 11.2 Å². The predicted molar refractivity (Wildman–Crippen MR) is 202 cm³/mol. The molecule has 0 aliphatic carbocycles. The number of carbonyl (C=O) groups is 2. The number of likely N-dealkylation sites (tertiary alicyclic amines) is 2. The first-order valence-corrected chi connectivity index (χ1v) is 16.5. The molecule has 0 bridgehead atoms. The maximum absolute atomic E-state index is 12.8. The second-order valence-corrected chi connectivity index (χ2v) is 14.6. The molecule has 4 heterocycles. The van der Waals surface area contributed by atoms with Gasteiger partial charge in [0.25, 0.3) is 0 Å². The van der Waals surface area contributed by atoms with Crippen molar-refractivity contribution < 1.29 is 19.1 Å². The largest absolute Gasteiger partial charge is 0.444 e. The van der Waals surface area contributed by atoms with Crippen molar-refractivity contribution in [2.75, 3.05) is 13.1 Å². The maximum Gasteiger partial charge on any atom is 0.410 e. The lowest BCUT2D eigenvalue weighted by Gasteiger charge is -2.27. The SMILES string of the molecule is CC(C)(C)OC(=O)N1CCC[C@H]1c1ncc(-c2ccc(C#Cc3cc4[nH]c([C@@H]5CCCN5C(=O)OC(C)(C)C)nc4cc3Cl)cc2)[nH]1.S.S. The topological polar surface area (TPSA) is 116 Å². The first-order chi connectivity index (χ1) is 22.2. The van der Waals surface area contributed by atoms with Gasteiger partial charge in [0.15, 0.2) is 0 Å². The molecule has 10 nitrogen and oxygen atoms in total. The predicted octanol–water partition coefficient (Wildman–Crippen LogP) is 8.38. The number of hydrogen-bond donors (Lipinski definition) is 2. The number of benzene rings is 2. The number of ether oxygens (including phenoxy) is 2. The van der Waals surface area contributed by atoms with Crippen LogP contribution in [0.25, 0.3) is 22.3 Å². The number of halogens is 1. The van der Waals surface area contributed by atoms with Crippen LogP contribution in [0.3, 0.4) is 0 Å². The lowest BCUT2D eigenvalue weighted by molar-refractivity contribution is 0.0208. The molecule has 2 aliphatic rings. The number of nitrogens with one attached hydrogen (secondary N) is 2. The van der Waals surface area contributed by atoms with Gasteiger partial charge in [-0.15, -0.1) is 0 Å². The number of amides is 2. The van der Waals surface area contributed by atoms with Crippen LogP contribution in [-0.2, 0) is 9.47 Å². The van der Waals surface area contributed by atoms with Crippen LogP contribution in [0.2, 0.25) is 5.02 Å². The molecular formula is C36H45ClN6O4S2. The highest BCUT2D eigenvalue weighted by atomic mass is 35.5. The van der Waals surface area contributed by atoms with Crippen LogP contribution in [0.15, 0.2) is 42.6 Å². The lowest BCUT2D eigenvalue weighted by atomic mass is 10.1. The molecule has 2 fully saturated rings. The summed E-state index contributed by atoms with van der Waals surface area (Å²) in [5, 5.41) is 0.507. The molecule has 0 saturated carbocycles. The third-order valence-electron chi connectivity index (χ3n) is 8.11. The molecule has 0 spiro atoms. The number of aromatic nitrogens is 4. The zero-order valence-electron chi connectivity index (χ0n) is 28.7. The van der Waals surface area contributed by atoms with Gasteiger partial charge < -0.3 is 19.4 Å². The van der Waals surface area contributed by atoms with E-state index in [0.29, 0.717) is 29.5 Å². The van der Waals surface area contributed by atoms with Gasteiger partial charge in [-0.2, -0.15) is 27.0 Å². The fourth-order valence-electron chi connectivity index (χ4n) is 6.01. The Morgan fingerprint density at radius 3 is 1.98 bits per heavy atom. The second kappa shape index (κ2) is 15.0. The maximum atomic E-state index is 12.8. The van der Waals surface area contributed by atoms with E-state index in [1.54, 1.807) is 22.1 Å². The van der Waals surface area contributed by atoms with Crippen LogP contribution in [0, 0.1) is 11.8 Å². The van der Waals surface area contributed by atoms with Gasteiger partial charge in [0.1, 0.15) is 22.9 Å². The van der Waals surface area contributed by atoms with Crippen molar-refractivity contribution in [3.05, 3.63) is 70.4 Å². The molecule has 0 unspecified atom stereocenters. The minimum atomic E-state index is -0.565. The lowest BCUT2D eigenvalue weighted by Crippen LogP contribution is -2.36. The first kappa shape index (κ1) is 38.0. The summed E-state index contributed by atoms with van der Waals surface area (Å²) in [5.41, 5.74) is 3.76. The quantitative estimate of drug-likeness (QED) is 0.205. The average molecular weight is 725 g/mol. The van der Waals surface area contributed by atoms with Crippen LogP contribution in [0.1, 0.15) is 102 Å². The fourth-order valence-corrected chi connectivity index (χ4v) is 6.22. The van der Waals surface area contributed by atoms with Gasteiger partial charge in [-0.1, -0.05) is 35.6 Å². The third kappa shape index (κ3) is 8.87. The van der Waals surface area contributed by atoms with Crippen molar-refractivity contribution in [1.82, 2.24) is 29.7 Å². The van der Waals surface area contributed by atoms with Crippen LogP contribution in [-0.4, -0.2) is 66.2 Å². The van der Waals surface area contributed by atoms with Crippen molar-refractivity contribution in [3.63, 3.8) is 0 Å². The van der Waals surface area contributed by atoms with Gasteiger partial charge in [0.2, 0.25) is 0 Å². The highest BCUT2D eigenvalue weighted by Crippen LogP contribution is 2.35. The molecule has 4 aromatic rings. The molecule has 2 saturated heterocycles. The summed E-state index contributed by atoms with van der Waals surface area (Å²) in [6.07, 6.45) is 4.58. The Labute approximate surface area is 306 Å². The van der Waals surface area contributed by atoms with Crippen LogP contribution < -0.4 is 0 Å². The molecule has 49 heavy (non-hydrogen) atoms. The van der Waals surface area contributed by atoms with Gasteiger partial charge in [-0.3, -0.25) is 9.80 Å². The van der Waals surface area contributed by atoms with E-state index >= 15 is 0 Å². The van der Waals surface area contributed by atoms with E-state index in [9.17, 15) is 9.59 Å². The normalized spacial score (nSPS) is 17.6. The second-order valence-electron chi connectivity index (χ2n) is 14.1. The molecular weight excluding hydrogens is 680 g/mol. The van der Waals surface area contributed by atoms with E-state index in [1.807, 2.05) is 71.9 Å². The highest BCUT2D eigenvalue weighted by molar-refractivity contribution is 7.59. The molecule has 262 valence electrons. The number of rotatable bonds is 3. The van der Waals surface area contributed by atoms with Crippen molar-refractivity contribution >= 4 is 61.8 Å². The molecule has 0 radical (unpaired) electrons. The van der Waals surface area contributed by atoms with Gasteiger partial charge in [-0.25, -0.2) is 19.6 Å². The van der Waals surface area contributed by atoms with Crippen molar-refractivity contribution in [3.8, 4) is 23.1 Å². The summed E-state index contributed by atoms with van der Waals surface area (Å²) < 4.78 is 11.2. The zero-order chi connectivity index (χ0) is 33.5. The Balaban J connectivity index is 0.00000270. The van der Waals surface area contributed by atoms with Crippen molar-refractivity contribution in [2.24, 2.45) is 0 Å². The van der Waals surface area contributed by atoms with E-state index in [1.165, 1.54) is 0 Å². The highest BCUT2D eigenvalue weighted by Gasteiger charge is 2.36. The Hall–Kier alpha value is -3.79. The molecule has 2 atom stereocenters. The Kier molecular flexibility index (Phi) is 11.6. The Morgan fingerprint density at radius 2 is 1.41 bits per heavy atom. The monoisotopic (exact) mass is 724 g/mol. The van der Waals surface area contributed by atoms with Crippen LogP contribution >= 0.6 is 38.6 Å². The fraction of sp³-hybridized carbons (Fsp3) is 0.444. The number of H-pyrrole nitrogens is 2. The molecule has 2 N–H and O–H groups in total. The summed E-state index contributed by atoms with van der Waals surface area (Å²) in [7, 11) is 0. The molecule has 2 aromatic heterocycles. The summed E-state index contributed by atoms with van der Waals surface area (Å²) in [6.45, 7) is 12.5. The van der Waals surface area contributed by atoms with E-state index in [0.717, 1.165) is 59.4 Å². The number of imidazole rings is 2. The van der Waals surface area contributed by atoms with Gasteiger partial charge in [-0.05, 0) is 97.1 Å². The number of carbonyl (C=O) groups excluding carboxylic acids is 2. The Morgan fingerprint density at radius 1 is 0.837 bits per heavy atom. The first-order valence-electron chi connectivity index (χ1n) is 16.1. The number of fused-ring (bicyclic) bond motifs is 1. The van der Waals surface area contributed by atoms with Crippen molar-refractivity contribution in [1.29, 1.82) is 0 Å². The van der Waals surface area contributed by atoms with Crippen LogP contribution in [0.4, 0.5) is 9.59 Å². The molecule has 6 rings (SSSR count). The number of nitrogens with zero attached hydrogens (tertiary/aromatic N) is 4. The van der Waals surface area contributed by atoms with E-state index in [2.05, 4.69) is 26.8 Å². The average Bonchev–Trinajstić information content (AvgIpc) is 3.80. The molecule has 2 aliphatic heterocycles. The van der Waals surface area contributed by atoms with E-state index in [4.69, 9.17) is 26.1 Å². The summed E-state index contributed by atoms with van der Waals surface area (Å²) in [6, 6.07) is 11.3. The molecule has 2 aromatic carbocycles. The minimum Gasteiger partial charge on any atom is -0.444 e. The zero-order valence-corrected chi connectivity index (χ0v) is 31.5.